The fourth-order valence-electron chi connectivity index (χ4n) is 3.20. The number of carbonyl (C=O) groups excluding carboxylic acids is 3. The Labute approximate surface area is 183 Å². The van der Waals surface area contributed by atoms with Gasteiger partial charge >= 0.3 is 5.97 Å². The third kappa shape index (κ3) is 4.86. The second kappa shape index (κ2) is 8.77. The third-order valence-electron chi connectivity index (χ3n) is 4.88. The maximum absolute atomic E-state index is 13.1. The van der Waals surface area contributed by atoms with Crippen LogP contribution < -0.4 is 15.4 Å². The molecule has 1 aromatic heterocycles. The average molecular weight is 439 g/mol. The first kappa shape index (κ1) is 20.9. The Morgan fingerprint density at radius 3 is 2.45 bits per heavy atom. The van der Waals surface area contributed by atoms with Crippen LogP contribution in [0, 0.1) is 6.92 Å². The number of methoxy groups -OCH3 is 1. The van der Waals surface area contributed by atoms with E-state index in [4.69, 9.17) is 9.47 Å². The first-order valence-electron chi connectivity index (χ1n) is 9.89. The number of anilines is 1. The lowest BCUT2D eigenvalue weighted by Crippen LogP contribution is -2.30. The van der Waals surface area contributed by atoms with E-state index < -0.39 is 11.9 Å². The van der Waals surface area contributed by atoms with Gasteiger partial charge in [-0.05, 0) is 48.7 Å². The highest BCUT2D eigenvalue weighted by atomic mass is 32.1. The molecule has 0 unspecified atom stereocenters. The molecule has 7 nitrogen and oxygen atoms in total. The van der Waals surface area contributed by atoms with Crippen LogP contribution in [-0.2, 0) is 9.53 Å². The lowest BCUT2D eigenvalue weighted by molar-refractivity contribution is -0.123. The van der Waals surface area contributed by atoms with E-state index in [0.29, 0.717) is 16.3 Å². The summed E-state index contributed by atoms with van der Waals surface area (Å²) < 4.78 is 10.5. The fraction of sp³-hybridized carbons (Fsp3) is 0.261. The number of amides is 2. The van der Waals surface area contributed by atoms with Crippen LogP contribution in [0.15, 0.2) is 42.5 Å². The van der Waals surface area contributed by atoms with E-state index in [1.54, 1.807) is 18.2 Å². The quantitative estimate of drug-likeness (QED) is 0.546. The highest BCUT2D eigenvalue weighted by Crippen LogP contribution is 2.31. The molecule has 3 aromatic rings. The van der Waals surface area contributed by atoms with E-state index in [0.717, 1.165) is 28.5 Å². The van der Waals surface area contributed by atoms with Gasteiger partial charge in [0.15, 0.2) is 6.61 Å². The first-order chi connectivity index (χ1) is 14.9. The molecule has 2 amide bonds. The molecule has 1 saturated carbocycles. The molecule has 1 heterocycles. The number of benzene rings is 2. The molecule has 0 aliphatic heterocycles. The van der Waals surface area contributed by atoms with Crippen molar-refractivity contribution in [3.8, 4) is 5.75 Å². The average Bonchev–Trinajstić information content (AvgIpc) is 3.50. The van der Waals surface area contributed by atoms with Crippen molar-refractivity contribution in [1.29, 1.82) is 0 Å². The Balaban J connectivity index is 1.62. The maximum atomic E-state index is 13.1. The molecule has 0 spiro atoms. The Hall–Kier alpha value is -3.39. The normalized spacial score (nSPS) is 13.0. The van der Waals surface area contributed by atoms with E-state index in [9.17, 15) is 14.4 Å². The zero-order valence-electron chi connectivity index (χ0n) is 17.2. The topological polar surface area (TPSA) is 93.7 Å². The van der Waals surface area contributed by atoms with Gasteiger partial charge in [0.2, 0.25) is 0 Å². The molecule has 4 rings (SSSR count). The summed E-state index contributed by atoms with van der Waals surface area (Å²) in [5.74, 6) is -0.874. The number of thiophene rings is 1. The number of ether oxygens (including phenoxy) is 2. The molecule has 31 heavy (non-hydrogen) atoms. The number of carbonyl (C=O) groups is 3. The monoisotopic (exact) mass is 438 g/mol. The number of rotatable bonds is 7. The number of aryl methyl sites for hydroxylation is 1. The van der Waals surface area contributed by atoms with Gasteiger partial charge in [0.1, 0.15) is 10.8 Å². The van der Waals surface area contributed by atoms with Crippen LogP contribution >= 0.6 is 11.3 Å². The van der Waals surface area contributed by atoms with E-state index in [-0.39, 0.29) is 24.1 Å². The van der Waals surface area contributed by atoms with Crippen molar-refractivity contribution < 1.29 is 23.9 Å². The largest absolute Gasteiger partial charge is 0.483 e. The molecule has 1 fully saturated rings. The first-order valence-corrected chi connectivity index (χ1v) is 10.7. The Bertz CT molecular complexity index is 1170. The van der Waals surface area contributed by atoms with Crippen molar-refractivity contribution >= 4 is 44.9 Å². The highest BCUT2D eigenvalue weighted by molar-refractivity contribution is 7.16. The van der Waals surface area contributed by atoms with Crippen LogP contribution in [0.3, 0.4) is 0 Å². The van der Waals surface area contributed by atoms with Gasteiger partial charge in [0.05, 0.1) is 18.2 Å². The number of fused-ring (bicyclic) bond motifs is 1. The number of hydrogen-bond acceptors (Lipinski definition) is 6. The van der Waals surface area contributed by atoms with Gasteiger partial charge in [-0.1, -0.05) is 24.3 Å². The van der Waals surface area contributed by atoms with Crippen LogP contribution in [0.1, 0.15) is 38.4 Å². The van der Waals surface area contributed by atoms with Crippen molar-refractivity contribution in [2.24, 2.45) is 0 Å². The lowest BCUT2D eigenvalue weighted by atomic mass is 10.1. The second-order valence-electron chi connectivity index (χ2n) is 7.37. The van der Waals surface area contributed by atoms with Crippen LogP contribution in [-0.4, -0.2) is 37.5 Å². The summed E-state index contributed by atoms with van der Waals surface area (Å²) in [6.07, 6.45) is 1.97. The molecule has 0 radical (unpaired) electrons. The molecule has 0 saturated heterocycles. The molecule has 2 aromatic carbocycles. The molecule has 1 aliphatic rings. The standard InChI is InChI=1S/C23H22N2O5S/c1-13-9-18(23(28)29-2)22(31-13)25-21(27)17-10-14-5-3-4-6-15(14)11-19(17)30-12-20(26)24-16-7-8-16/h3-6,9-11,16H,7-8,12H2,1-2H3,(H,24,26)(H,25,27). The summed E-state index contributed by atoms with van der Waals surface area (Å²) in [6.45, 7) is 1.66. The summed E-state index contributed by atoms with van der Waals surface area (Å²) >= 11 is 1.28. The van der Waals surface area contributed by atoms with Crippen molar-refractivity contribution in [2.75, 3.05) is 19.0 Å². The zero-order chi connectivity index (χ0) is 22.0. The predicted molar refractivity (Wildman–Crippen MR) is 119 cm³/mol. The van der Waals surface area contributed by atoms with Crippen LogP contribution in [0.4, 0.5) is 5.00 Å². The predicted octanol–water partition coefficient (Wildman–Crippen LogP) is 3.91. The minimum absolute atomic E-state index is 0.180. The van der Waals surface area contributed by atoms with E-state index in [1.807, 2.05) is 31.2 Å². The van der Waals surface area contributed by atoms with Gasteiger partial charge in [0.25, 0.3) is 11.8 Å². The second-order valence-corrected chi connectivity index (χ2v) is 8.63. The summed E-state index contributed by atoms with van der Waals surface area (Å²) in [4.78, 5) is 38.1. The van der Waals surface area contributed by atoms with Crippen LogP contribution in [0.25, 0.3) is 10.8 Å². The van der Waals surface area contributed by atoms with Gasteiger partial charge in [0, 0.05) is 10.9 Å². The van der Waals surface area contributed by atoms with Gasteiger partial charge in [-0.3, -0.25) is 9.59 Å². The fourth-order valence-corrected chi connectivity index (χ4v) is 4.09. The van der Waals surface area contributed by atoms with Crippen LogP contribution in [0.2, 0.25) is 0 Å². The Morgan fingerprint density at radius 1 is 1.06 bits per heavy atom. The van der Waals surface area contributed by atoms with E-state index in [1.165, 1.54) is 18.4 Å². The van der Waals surface area contributed by atoms with Crippen molar-refractivity contribution in [3.05, 3.63) is 58.5 Å². The summed E-state index contributed by atoms with van der Waals surface area (Å²) in [6, 6.07) is 12.9. The molecule has 8 heteroatoms. The Kier molecular flexibility index (Phi) is 5.90. The number of esters is 1. The molecular weight excluding hydrogens is 416 g/mol. The molecule has 0 bridgehead atoms. The van der Waals surface area contributed by atoms with Gasteiger partial charge in [-0.2, -0.15) is 0 Å². The minimum Gasteiger partial charge on any atom is -0.483 e. The third-order valence-corrected chi connectivity index (χ3v) is 5.85. The van der Waals surface area contributed by atoms with Gasteiger partial charge < -0.3 is 20.1 Å². The lowest BCUT2D eigenvalue weighted by Gasteiger charge is -2.13. The maximum Gasteiger partial charge on any atom is 0.340 e. The molecule has 2 N–H and O–H groups in total. The number of nitrogens with one attached hydrogen (secondary N) is 2. The molecular formula is C23H22N2O5S. The smallest absolute Gasteiger partial charge is 0.340 e. The SMILES string of the molecule is COC(=O)c1cc(C)sc1NC(=O)c1cc2ccccc2cc1OCC(=O)NC1CC1. The van der Waals surface area contributed by atoms with Crippen molar-refractivity contribution in [3.63, 3.8) is 0 Å². The van der Waals surface area contributed by atoms with Crippen molar-refractivity contribution in [1.82, 2.24) is 5.32 Å². The molecule has 1 aliphatic carbocycles. The highest BCUT2D eigenvalue weighted by Gasteiger charge is 2.24. The van der Waals surface area contributed by atoms with Crippen LogP contribution in [0.5, 0.6) is 5.75 Å². The summed E-state index contributed by atoms with van der Waals surface area (Å²) in [5.41, 5.74) is 0.574. The Morgan fingerprint density at radius 2 is 1.77 bits per heavy atom. The van der Waals surface area contributed by atoms with E-state index >= 15 is 0 Å². The molecule has 0 atom stereocenters. The zero-order valence-corrected chi connectivity index (χ0v) is 18.0. The minimum atomic E-state index is -0.522. The summed E-state index contributed by atoms with van der Waals surface area (Å²) in [7, 11) is 1.29. The molecule has 160 valence electrons. The van der Waals surface area contributed by atoms with Gasteiger partial charge in [-0.15, -0.1) is 11.3 Å². The van der Waals surface area contributed by atoms with Gasteiger partial charge in [-0.25, -0.2) is 4.79 Å². The summed E-state index contributed by atoms with van der Waals surface area (Å²) in [5, 5.41) is 7.81. The number of hydrogen-bond donors (Lipinski definition) is 2. The van der Waals surface area contributed by atoms with Crippen molar-refractivity contribution in [2.45, 2.75) is 25.8 Å². The van der Waals surface area contributed by atoms with E-state index in [2.05, 4.69) is 10.6 Å².